The van der Waals surface area contributed by atoms with Gasteiger partial charge in [0.15, 0.2) is 0 Å². The van der Waals surface area contributed by atoms with Gasteiger partial charge >= 0.3 is 6.09 Å². The summed E-state index contributed by atoms with van der Waals surface area (Å²) in [4.78, 5) is 13.4. The van der Waals surface area contributed by atoms with Crippen LogP contribution in [0.2, 0.25) is 0 Å². The van der Waals surface area contributed by atoms with Gasteiger partial charge in [-0.3, -0.25) is 5.32 Å². The summed E-state index contributed by atoms with van der Waals surface area (Å²) in [5.74, 6) is 0. The standard InChI is InChI=1S/C16H16N2O2/c1-20-16(19)17-13-6-8-14(9-7-13)18-11-10-12-4-2-3-5-15(12)18/h2-9H,10-11H2,1H3,(H,17,19). The smallest absolute Gasteiger partial charge is 0.411 e. The van der Waals surface area contributed by atoms with Crippen LogP contribution in [0.1, 0.15) is 5.56 Å². The molecule has 1 heterocycles. The van der Waals surface area contributed by atoms with Gasteiger partial charge in [-0.1, -0.05) is 18.2 Å². The van der Waals surface area contributed by atoms with Gasteiger partial charge in [0.2, 0.25) is 0 Å². The molecule has 2 aromatic rings. The van der Waals surface area contributed by atoms with Crippen molar-refractivity contribution in [2.24, 2.45) is 0 Å². The fraction of sp³-hybridized carbons (Fsp3) is 0.188. The van der Waals surface area contributed by atoms with E-state index < -0.39 is 6.09 Å². The number of anilines is 3. The van der Waals surface area contributed by atoms with Gasteiger partial charge in [0.1, 0.15) is 0 Å². The average Bonchev–Trinajstić information content (AvgIpc) is 2.92. The van der Waals surface area contributed by atoms with Crippen LogP contribution in [0.3, 0.4) is 0 Å². The lowest BCUT2D eigenvalue weighted by Gasteiger charge is -2.19. The van der Waals surface area contributed by atoms with Crippen LogP contribution in [-0.2, 0) is 11.2 Å². The van der Waals surface area contributed by atoms with Crippen molar-refractivity contribution in [2.75, 3.05) is 23.9 Å². The van der Waals surface area contributed by atoms with Crippen molar-refractivity contribution in [1.82, 2.24) is 0 Å². The molecule has 1 aliphatic rings. The molecule has 0 fully saturated rings. The lowest BCUT2D eigenvalue weighted by Crippen LogP contribution is -2.14. The van der Waals surface area contributed by atoms with Crippen molar-refractivity contribution in [1.29, 1.82) is 0 Å². The van der Waals surface area contributed by atoms with E-state index in [0.717, 1.165) is 24.3 Å². The lowest BCUT2D eigenvalue weighted by atomic mass is 10.2. The Morgan fingerprint density at radius 1 is 1.15 bits per heavy atom. The number of fused-ring (bicyclic) bond motifs is 1. The monoisotopic (exact) mass is 268 g/mol. The number of hydrogen-bond donors (Lipinski definition) is 1. The first-order valence-corrected chi connectivity index (χ1v) is 6.58. The Morgan fingerprint density at radius 3 is 2.65 bits per heavy atom. The predicted octanol–water partition coefficient (Wildman–Crippen LogP) is 3.56. The minimum atomic E-state index is -0.454. The van der Waals surface area contributed by atoms with Crippen LogP contribution in [0.15, 0.2) is 48.5 Å². The van der Waals surface area contributed by atoms with Gasteiger partial charge in [-0.15, -0.1) is 0 Å². The number of para-hydroxylation sites is 1. The Morgan fingerprint density at radius 2 is 1.90 bits per heavy atom. The van der Waals surface area contributed by atoms with Crippen molar-refractivity contribution in [3.05, 3.63) is 54.1 Å². The fourth-order valence-electron chi connectivity index (χ4n) is 2.50. The summed E-state index contributed by atoms with van der Waals surface area (Å²) < 4.78 is 4.57. The summed E-state index contributed by atoms with van der Waals surface area (Å²) in [5.41, 5.74) is 4.50. The first-order valence-electron chi connectivity index (χ1n) is 6.58. The Hall–Kier alpha value is -2.49. The molecule has 1 aliphatic heterocycles. The molecule has 0 aliphatic carbocycles. The van der Waals surface area contributed by atoms with Crippen molar-refractivity contribution in [2.45, 2.75) is 6.42 Å². The lowest BCUT2D eigenvalue weighted by molar-refractivity contribution is 0.187. The highest BCUT2D eigenvalue weighted by Crippen LogP contribution is 2.34. The van der Waals surface area contributed by atoms with Crippen LogP contribution in [0, 0.1) is 0 Å². The molecule has 0 atom stereocenters. The molecule has 0 aromatic heterocycles. The van der Waals surface area contributed by atoms with E-state index in [4.69, 9.17) is 0 Å². The molecule has 0 saturated carbocycles. The van der Waals surface area contributed by atoms with Crippen molar-refractivity contribution < 1.29 is 9.53 Å². The normalized spacial score (nSPS) is 12.9. The number of nitrogens with zero attached hydrogens (tertiary/aromatic N) is 1. The second kappa shape index (κ2) is 5.25. The van der Waals surface area contributed by atoms with Crippen molar-refractivity contribution in [3.63, 3.8) is 0 Å². The number of hydrogen-bond acceptors (Lipinski definition) is 3. The third-order valence-electron chi connectivity index (χ3n) is 3.50. The van der Waals surface area contributed by atoms with E-state index in [2.05, 4.69) is 39.2 Å². The predicted molar refractivity (Wildman–Crippen MR) is 79.6 cm³/mol. The van der Waals surface area contributed by atoms with Crippen LogP contribution >= 0.6 is 0 Å². The number of ether oxygens (including phenoxy) is 1. The minimum Gasteiger partial charge on any atom is -0.453 e. The van der Waals surface area contributed by atoms with Crippen molar-refractivity contribution >= 4 is 23.2 Å². The zero-order chi connectivity index (χ0) is 13.9. The second-order valence-electron chi connectivity index (χ2n) is 4.69. The van der Waals surface area contributed by atoms with Crippen LogP contribution in [0.25, 0.3) is 0 Å². The van der Waals surface area contributed by atoms with E-state index in [9.17, 15) is 4.79 Å². The van der Waals surface area contributed by atoms with Gasteiger partial charge in [-0.05, 0) is 42.3 Å². The SMILES string of the molecule is COC(=O)Nc1ccc(N2CCc3ccccc32)cc1. The molecule has 0 bridgehead atoms. The number of rotatable bonds is 2. The number of amides is 1. The molecule has 0 unspecified atom stereocenters. The van der Waals surface area contributed by atoms with E-state index in [-0.39, 0.29) is 0 Å². The van der Waals surface area contributed by atoms with Gasteiger partial charge < -0.3 is 9.64 Å². The highest BCUT2D eigenvalue weighted by molar-refractivity contribution is 5.85. The Kier molecular flexibility index (Phi) is 3.29. The summed E-state index contributed by atoms with van der Waals surface area (Å²) in [6, 6.07) is 16.2. The van der Waals surface area contributed by atoms with Crippen LogP contribution in [0.5, 0.6) is 0 Å². The molecule has 0 saturated heterocycles. The molecular formula is C16H16N2O2. The average molecular weight is 268 g/mol. The van der Waals surface area contributed by atoms with E-state index in [1.54, 1.807) is 0 Å². The number of carbonyl (C=O) groups is 1. The molecule has 4 heteroatoms. The molecule has 1 N–H and O–H groups in total. The Bertz CT molecular complexity index is 623. The first-order chi connectivity index (χ1) is 9.78. The minimum absolute atomic E-state index is 0.454. The fourth-order valence-corrected chi connectivity index (χ4v) is 2.50. The topological polar surface area (TPSA) is 41.6 Å². The van der Waals surface area contributed by atoms with Crippen LogP contribution in [-0.4, -0.2) is 19.7 Å². The van der Waals surface area contributed by atoms with Crippen LogP contribution < -0.4 is 10.2 Å². The third-order valence-corrected chi connectivity index (χ3v) is 3.50. The summed E-state index contributed by atoms with van der Waals surface area (Å²) in [7, 11) is 1.35. The Labute approximate surface area is 118 Å². The third kappa shape index (κ3) is 2.32. The molecule has 1 amide bonds. The number of methoxy groups -OCH3 is 1. The molecule has 3 rings (SSSR count). The van der Waals surface area contributed by atoms with Crippen LogP contribution in [0.4, 0.5) is 21.9 Å². The summed E-state index contributed by atoms with van der Waals surface area (Å²) in [6.07, 6.45) is 0.613. The molecule has 4 nitrogen and oxygen atoms in total. The second-order valence-corrected chi connectivity index (χ2v) is 4.69. The molecule has 2 aromatic carbocycles. The highest BCUT2D eigenvalue weighted by Gasteiger charge is 2.19. The first kappa shape index (κ1) is 12.5. The van der Waals surface area contributed by atoms with E-state index in [0.29, 0.717) is 0 Å². The van der Waals surface area contributed by atoms with Gasteiger partial charge in [-0.25, -0.2) is 4.79 Å². The maximum atomic E-state index is 11.1. The summed E-state index contributed by atoms with van der Waals surface area (Å²) in [5, 5.41) is 2.65. The van der Waals surface area contributed by atoms with Gasteiger partial charge in [0, 0.05) is 23.6 Å². The number of nitrogens with one attached hydrogen (secondary N) is 1. The van der Waals surface area contributed by atoms with E-state index >= 15 is 0 Å². The summed E-state index contributed by atoms with van der Waals surface area (Å²) in [6.45, 7) is 0.989. The quantitative estimate of drug-likeness (QED) is 0.905. The summed E-state index contributed by atoms with van der Waals surface area (Å²) >= 11 is 0. The molecule has 102 valence electrons. The Balaban J connectivity index is 1.81. The zero-order valence-electron chi connectivity index (χ0n) is 11.3. The largest absolute Gasteiger partial charge is 0.453 e. The van der Waals surface area contributed by atoms with E-state index in [1.807, 2.05) is 24.3 Å². The zero-order valence-corrected chi connectivity index (χ0v) is 11.3. The van der Waals surface area contributed by atoms with Gasteiger partial charge in [0.25, 0.3) is 0 Å². The molecule has 20 heavy (non-hydrogen) atoms. The molecule has 0 radical (unpaired) electrons. The number of benzene rings is 2. The van der Waals surface area contributed by atoms with Crippen molar-refractivity contribution in [3.8, 4) is 0 Å². The number of carbonyl (C=O) groups excluding carboxylic acids is 1. The maximum absolute atomic E-state index is 11.1. The van der Waals surface area contributed by atoms with Gasteiger partial charge in [0.05, 0.1) is 7.11 Å². The molecular weight excluding hydrogens is 252 g/mol. The van der Waals surface area contributed by atoms with E-state index in [1.165, 1.54) is 18.4 Å². The maximum Gasteiger partial charge on any atom is 0.411 e. The highest BCUT2D eigenvalue weighted by atomic mass is 16.5. The molecule has 0 spiro atoms. The van der Waals surface area contributed by atoms with Gasteiger partial charge in [-0.2, -0.15) is 0 Å².